The molecule has 0 aromatic heterocycles. The summed E-state index contributed by atoms with van der Waals surface area (Å²) in [5.74, 6) is -0.691. The average Bonchev–Trinajstić information content (AvgIpc) is 2.65. The lowest BCUT2D eigenvalue weighted by atomic mass is 10.2. The zero-order chi connectivity index (χ0) is 19.4. The van der Waals surface area contributed by atoms with Crippen molar-refractivity contribution in [1.29, 1.82) is 0 Å². The zero-order valence-corrected chi connectivity index (χ0v) is 16.4. The quantitative estimate of drug-likeness (QED) is 0.732. The first-order valence-corrected chi connectivity index (χ1v) is 9.40. The number of para-hydroxylation sites is 2. The molecule has 2 aromatic carbocycles. The molecular weight excluding hydrogens is 386 g/mol. The Kier molecular flexibility index (Phi) is 6.18. The van der Waals surface area contributed by atoms with E-state index in [0.717, 1.165) is 0 Å². The number of nitrogens with one attached hydrogen (secondary N) is 2. The van der Waals surface area contributed by atoms with Crippen LogP contribution in [0.2, 0.25) is 0 Å². The Bertz CT molecular complexity index is 846. The van der Waals surface area contributed by atoms with Gasteiger partial charge in [-0.2, -0.15) is 0 Å². The molecule has 142 valence electrons. The van der Waals surface area contributed by atoms with Crippen molar-refractivity contribution in [3.63, 3.8) is 0 Å². The summed E-state index contributed by atoms with van der Waals surface area (Å²) in [7, 11) is 0. The third-order valence-corrected chi connectivity index (χ3v) is 5.10. The van der Waals surface area contributed by atoms with Crippen LogP contribution in [0, 0.1) is 11.6 Å². The van der Waals surface area contributed by atoms with Gasteiger partial charge in [-0.25, -0.2) is 8.78 Å². The molecule has 1 unspecified atom stereocenters. The van der Waals surface area contributed by atoms with E-state index in [1.54, 1.807) is 36.4 Å². The van der Waals surface area contributed by atoms with Gasteiger partial charge in [-0.15, -0.1) is 0 Å². The van der Waals surface area contributed by atoms with E-state index >= 15 is 0 Å². The van der Waals surface area contributed by atoms with Crippen molar-refractivity contribution < 1.29 is 8.78 Å². The Labute approximate surface area is 168 Å². The van der Waals surface area contributed by atoms with Gasteiger partial charge in [-0.05, 0) is 55.6 Å². The average molecular weight is 407 g/mol. The van der Waals surface area contributed by atoms with Gasteiger partial charge >= 0.3 is 0 Å². The van der Waals surface area contributed by atoms with Crippen LogP contribution >= 0.6 is 24.4 Å². The topological polar surface area (TPSA) is 30.5 Å². The number of anilines is 2. The van der Waals surface area contributed by atoms with Gasteiger partial charge in [0.15, 0.2) is 10.2 Å². The Morgan fingerprint density at radius 2 is 1.41 bits per heavy atom. The van der Waals surface area contributed by atoms with E-state index < -0.39 is 0 Å². The fourth-order valence-corrected chi connectivity index (χ4v) is 3.61. The second-order valence-corrected chi connectivity index (χ2v) is 7.08. The highest BCUT2D eigenvalue weighted by Gasteiger charge is 2.27. The molecule has 2 aromatic rings. The van der Waals surface area contributed by atoms with Gasteiger partial charge in [0.25, 0.3) is 0 Å². The predicted octanol–water partition coefficient (Wildman–Crippen LogP) is 4.06. The van der Waals surface area contributed by atoms with E-state index in [-0.39, 0.29) is 17.7 Å². The summed E-state index contributed by atoms with van der Waals surface area (Å²) in [6, 6.07) is 12.9. The Balaban J connectivity index is 1.58. The van der Waals surface area contributed by atoms with E-state index in [1.165, 1.54) is 12.1 Å². The van der Waals surface area contributed by atoms with Crippen LogP contribution in [0.25, 0.3) is 0 Å². The Hall–Kier alpha value is -2.32. The summed E-state index contributed by atoms with van der Waals surface area (Å²) in [4.78, 5) is 3.98. The number of nitrogens with zero attached hydrogens (tertiary/aromatic N) is 2. The van der Waals surface area contributed by atoms with Gasteiger partial charge in [0, 0.05) is 25.7 Å². The number of piperazine rings is 1. The molecule has 0 bridgehead atoms. The first kappa shape index (κ1) is 19.4. The molecule has 1 saturated heterocycles. The zero-order valence-electron chi connectivity index (χ0n) is 14.8. The van der Waals surface area contributed by atoms with E-state index in [0.29, 0.717) is 41.2 Å². The molecule has 1 aliphatic rings. The molecule has 3 rings (SSSR count). The summed E-state index contributed by atoms with van der Waals surface area (Å²) < 4.78 is 27.6. The van der Waals surface area contributed by atoms with Gasteiger partial charge in [0.05, 0.1) is 11.4 Å². The third kappa shape index (κ3) is 4.70. The van der Waals surface area contributed by atoms with Crippen LogP contribution in [0.3, 0.4) is 0 Å². The normalized spacial score (nSPS) is 16.8. The molecule has 0 aliphatic carbocycles. The third-order valence-electron chi connectivity index (χ3n) is 4.41. The summed E-state index contributed by atoms with van der Waals surface area (Å²) in [5, 5.41) is 6.87. The lowest BCUT2D eigenvalue weighted by Gasteiger charge is -2.42. The van der Waals surface area contributed by atoms with Gasteiger partial charge < -0.3 is 20.4 Å². The summed E-state index contributed by atoms with van der Waals surface area (Å²) in [5.41, 5.74) is 0.711. The molecule has 1 fully saturated rings. The highest BCUT2D eigenvalue weighted by molar-refractivity contribution is 7.80. The lowest BCUT2D eigenvalue weighted by molar-refractivity contribution is 0.200. The number of hydrogen-bond donors (Lipinski definition) is 2. The maximum Gasteiger partial charge on any atom is 0.173 e. The molecule has 0 amide bonds. The molecule has 8 heteroatoms. The highest BCUT2D eigenvalue weighted by atomic mass is 32.1. The van der Waals surface area contributed by atoms with E-state index in [4.69, 9.17) is 24.4 Å². The lowest BCUT2D eigenvalue weighted by Crippen LogP contribution is -2.57. The SMILES string of the molecule is CC1CN(C(=S)Nc2ccccc2F)CCN1C(=S)Nc1ccccc1F. The maximum absolute atomic E-state index is 13.8. The molecule has 1 atom stereocenters. The minimum absolute atomic E-state index is 0.0610. The van der Waals surface area contributed by atoms with Crippen LogP contribution in [0.5, 0.6) is 0 Å². The molecule has 2 N–H and O–H groups in total. The fourth-order valence-electron chi connectivity index (χ4n) is 2.95. The molecule has 0 saturated carbocycles. The van der Waals surface area contributed by atoms with Gasteiger partial charge in [-0.1, -0.05) is 24.3 Å². The summed E-state index contributed by atoms with van der Waals surface area (Å²) >= 11 is 10.9. The molecular formula is C19H20F2N4S2. The van der Waals surface area contributed by atoms with Gasteiger partial charge in [0.2, 0.25) is 0 Å². The first-order chi connectivity index (χ1) is 13.0. The fraction of sp³-hybridized carbons (Fsp3) is 0.263. The van der Waals surface area contributed by atoms with E-state index in [9.17, 15) is 8.78 Å². The number of halogens is 2. The van der Waals surface area contributed by atoms with Crippen LogP contribution in [0.1, 0.15) is 6.92 Å². The van der Waals surface area contributed by atoms with Crippen LogP contribution in [0.15, 0.2) is 48.5 Å². The number of hydrogen-bond acceptors (Lipinski definition) is 2. The highest BCUT2D eigenvalue weighted by Crippen LogP contribution is 2.18. The summed E-state index contributed by atoms with van der Waals surface area (Å²) in [6.45, 7) is 3.90. The number of thiocarbonyl (C=S) groups is 2. The Morgan fingerprint density at radius 1 is 0.889 bits per heavy atom. The second kappa shape index (κ2) is 8.58. The molecule has 1 heterocycles. The van der Waals surface area contributed by atoms with Crippen LogP contribution in [0.4, 0.5) is 20.2 Å². The van der Waals surface area contributed by atoms with Crippen molar-refractivity contribution in [3.8, 4) is 0 Å². The second-order valence-electron chi connectivity index (χ2n) is 6.31. The van der Waals surface area contributed by atoms with E-state index in [2.05, 4.69) is 10.6 Å². The van der Waals surface area contributed by atoms with Crippen molar-refractivity contribution in [2.45, 2.75) is 13.0 Å². The van der Waals surface area contributed by atoms with Crippen molar-refractivity contribution in [2.75, 3.05) is 30.3 Å². The van der Waals surface area contributed by atoms with Gasteiger partial charge in [-0.3, -0.25) is 0 Å². The van der Waals surface area contributed by atoms with Crippen molar-refractivity contribution in [1.82, 2.24) is 9.80 Å². The van der Waals surface area contributed by atoms with Crippen LogP contribution in [-0.4, -0.2) is 45.7 Å². The van der Waals surface area contributed by atoms with Crippen molar-refractivity contribution in [2.24, 2.45) is 0 Å². The van der Waals surface area contributed by atoms with Gasteiger partial charge in [0.1, 0.15) is 11.6 Å². The first-order valence-electron chi connectivity index (χ1n) is 8.58. The summed E-state index contributed by atoms with van der Waals surface area (Å²) in [6.07, 6.45) is 0. The van der Waals surface area contributed by atoms with Crippen LogP contribution in [-0.2, 0) is 0 Å². The van der Waals surface area contributed by atoms with Crippen molar-refractivity contribution in [3.05, 3.63) is 60.2 Å². The molecule has 0 spiro atoms. The van der Waals surface area contributed by atoms with Crippen molar-refractivity contribution >= 4 is 46.0 Å². The number of benzene rings is 2. The predicted molar refractivity (Wildman–Crippen MR) is 113 cm³/mol. The standard InChI is InChI=1S/C19H20F2N4S2/c1-13-12-24(18(26)22-16-8-4-2-6-14(16)20)10-11-25(13)19(27)23-17-9-5-3-7-15(17)21/h2-9,13H,10-12H2,1H3,(H,22,26)(H,23,27). The molecule has 4 nitrogen and oxygen atoms in total. The largest absolute Gasteiger partial charge is 0.345 e. The monoisotopic (exact) mass is 406 g/mol. The van der Waals surface area contributed by atoms with E-state index in [1.807, 2.05) is 16.7 Å². The minimum Gasteiger partial charge on any atom is -0.345 e. The molecule has 27 heavy (non-hydrogen) atoms. The molecule has 0 radical (unpaired) electrons. The smallest absolute Gasteiger partial charge is 0.173 e. The maximum atomic E-state index is 13.8. The Morgan fingerprint density at radius 3 is 1.93 bits per heavy atom. The molecule has 1 aliphatic heterocycles. The minimum atomic E-state index is -0.346. The number of rotatable bonds is 2. The van der Waals surface area contributed by atoms with Crippen LogP contribution < -0.4 is 10.6 Å².